The molecule has 1 aromatic carbocycles. The molecule has 0 aliphatic carbocycles. The number of rotatable bonds is 2. The molecule has 0 aromatic heterocycles. The Balaban J connectivity index is 2.00. The Morgan fingerprint density at radius 1 is 1.39 bits per heavy atom. The number of hydrogen-bond donors (Lipinski definition) is 1. The molecule has 1 fully saturated rings. The van der Waals surface area contributed by atoms with Crippen LogP contribution < -0.4 is 0 Å². The Labute approximate surface area is 105 Å². The lowest BCUT2D eigenvalue weighted by atomic mass is 10.1. The molecule has 1 aliphatic rings. The third kappa shape index (κ3) is 2.84. The topological polar surface area (TPSA) is 59.6 Å². The van der Waals surface area contributed by atoms with Crippen molar-refractivity contribution in [2.24, 2.45) is 5.16 Å². The van der Waals surface area contributed by atoms with E-state index in [1.807, 2.05) is 6.07 Å². The Morgan fingerprint density at radius 2 is 2.11 bits per heavy atom. The van der Waals surface area contributed by atoms with Gasteiger partial charge in [0.1, 0.15) is 5.82 Å². The van der Waals surface area contributed by atoms with Crippen LogP contribution >= 0.6 is 0 Å². The summed E-state index contributed by atoms with van der Waals surface area (Å²) >= 11 is 0. The molecule has 4 nitrogen and oxygen atoms in total. The minimum absolute atomic E-state index is 0.337. The van der Waals surface area contributed by atoms with Crippen molar-refractivity contribution in [3.8, 4) is 6.07 Å². The van der Waals surface area contributed by atoms with Crippen molar-refractivity contribution in [1.29, 1.82) is 5.26 Å². The lowest BCUT2D eigenvalue weighted by molar-refractivity contribution is 0.253. The minimum atomic E-state index is -0.337. The van der Waals surface area contributed by atoms with Crippen LogP contribution in [-0.2, 0) is 6.54 Å². The Bertz CT molecular complexity index is 497. The predicted octanol–water partition coefficient (Wildman–Crippen LogP) is 2.12. The van der Waals surface area contributed by atoms with Crippen molar-refractivity contribution in [2.75, 3.05) is 13.1 Å². The second kappa shape index (κ2) is 5.61. The number of oxime groups is 1. The van der Waals surface area contributed by atoms with Gasteiger partial charge in [-0.15, -0.1) is 0 Å². The SMILES string of the molecule is N#Cc1ccc(CN2CCC(=NO)CC2)c(F)c1. The molecule has 1 N–H and O–H groups in total. The number of halogens is 1. The molecule has 94 valence electrons. The van der Waals surface area contributed by atoms with Crippen molar-refractivity contribution in [1.82, 2.24) is 4.90 Å². The number of nitrogens with zero attached hydrogens (tertiary/aromatic N) is 3. The summed E-state index contributed by atoms with van der Waals surface area (Å²) in [6.45, 7) is 2.05. The fourth-order valence-corrected chi connectivity index (χ4v) is 2.06. The summed E-state index contributed by atoms with van der Waals surface area (Å²) in [6, 6.07) is 6.46. The van der Waals surface area contributed by atoms with Gasteiger partial charge in [-0.2, -0.15) is 5.26 Å². The monoisotopic (exact) mass is 247 g/mol. The van der Waals surface area contributed by atoms with E-state index in [4.69, 9.17) is 10.5 Å². The van der Waals surface area contributed by atoms with Crippen LogP contribution in [0.2, 0.25) is 0 Å². The summed E-state index contributed by atoms with van der Waals surface area (Å²) in [5.41, 5.74) is 1.73. The van der Waals surface area contributed by atoms with Gasteiger partial charge in [-0.05, 0) is 12.1 Å². The van der Waals surface area contributed by atoms with Crippen LogP contribution in [0.3, 0.4) is 0 Å². The van der Waals surface area contributed by atoms with Crippen LogP contribution in [0.5, 0.6) is 0 Å². The molecular formula is C13H14FN3O. The van der Waals surface area contributed by atoms with Crippen LogP contribution in [0.1, 0.15) is 24.0 Å². The first kappa shape index (κ1) is 12.5. The summed E-state index contributed by atoms with van der Waals surface area (Å²) in [5.74, 6) is -0.337. The van der Waals surface area contributed by atoms with Crippen molar-refractivity contribution in [3.05, 3.63) is 35.1 Å². The average Bonchev–Trinajstić information content (AvgIpc) is 2.42. The highest BCUT2D eigenvalue weighted by atomic mass is 19.1. The molecule has 18 heavy (non-hydrogen) atoms. The van der Waals surface area contributed by atoms with E-state index >= 15 is 0 Å². The summed E-state index contributed by atoms with van der Waals surface area (Å²) < 4.78 is 13.7. The number of hydrogen-bond acceptors (Lipinski definition) is 4. The zero-order chi connectivity index (χ0) is 13.0. The van der Waals surface area contributed by atoms with Gasteiger partial charge < -0.3 is 5.21 Å². The van der Waals surface area contributed by atoms with Crippen LogP contribution in [0.4, 0.5) is 4.39 Å². The molecule has 0 amide bonds. The van der Waals surface area contributed by atoms with Crippen LogP contribution in [0.25, 0.3) is 0 Å². The van der Waals surface area contributed by atoms with Gasteiger partial charge in [-0.25, -0.2) is 4.39 Å². The average molecular weight is 247 g/mol. The van der Waals surface area contributed by atoms with Crippen molar-refractivity contribution in [3.63, 3.8) is 0 Å². The summed E-state index contributed by atoms with van der Waals surface area (Å²) in [4.78, 5) is 2.11. The fraction of sp³-hybridized carbons (Fsp3) is 0.385. The van der Waals surface area contributed by atoms with E-state index in [1.165, 1.54) is 6.07 Å². The normalized spacial score (nSPS) is 16.3. The van der Waals surface area contributed by atoms with E-state index in [2.05, 4.69) is 10.1 Å². The van der Waals surface area contributed by atoms with E-state index in [0.717, 1.165) is 18.8 Å². The molecule has 0 saturated carbocycles. The van der Waals surface area contributed by atoms with Crippen molar-refractivity contribution < 1.29 is 9.60 Å². The van der Waals surface area contributed by atoms with Crippen LogP contribution in [0.15, 0.2) is 23.4 Å². The van der Waals surface area contributed by atoms with Crippen molar-refractivity contribution in [2.45, 2.75) is 19.4 Å². The maximum absolute atomic E-state index is 13.7. The zero-order valence-electron chi connectivity index (χ0n) is 9.93. The van der Waals surface area contributed by atoms with Gasteiger partial charge >= 0.3 is 0 Å². The van der Waals surface area contributed by atoms with Gasteiger partial charge in [0.25, 0.3) is 0 Å². The molecule has 0 radical (unpaired) electrons. The molecule has 0 bridgehead atoms. The Kier molecular flexibility index (Phi) is 3.90. The standard InChI is InChI=1S/C13H14FN3O/c14-13-7-10(8-15)1-2-11(13)9-17-5-3-12(16-18)4-6-17/h1-2,7,18H,3-6,9H2. The van der Waals surface area contributed by atoms with E-state index in [-0.39, 0.29) is 5.82 Å². The predicted molar refractivity (Wildman–Crippen MR) is 64.8 cm³/mol. The third-order valence-electron chi connectivity index (χ3n) is 3.15. The first-order valence-corrected chi connectivity index (χ1v) is 5.83. The highest BCUT2D eigenvalue weighted by molar-refractivity contribution is 5.84. The minimum Gasteiger partial charge on any atom is -0.411 e. The summed E-state index contributed by atoms with van der Waals surface area (Å²) in [6.07, 6.45) is 1.43. The molecule has 1 aromatic rings. The number of likely N-dealkylation sites (tertiary alicyclic amines) is 1. The van der Waals surface area contributed by atoms with Gasteiger partial charge in [0.2, 0.25) is 0 Å². The fourth-order valence-electron chi connectivity index (χ4n) is 2.06. The van der Waals surface area contributed by atoms with Gasteiger partial charge in [0.05, 0.1) is 17.3 Å². The zero-order valence-corrected chi connectivity index (χ0v) is 9.93. The lowest BCUT2D eigenvalue weighted by Gasteiger charge is -2.27. The molecule has 1 heterocycles. The molecule has 0 spiro atoms. The molecule has 1 saturated heterocycles. The molecular weight excluding hydrogens is 233 g/mol. The van der Waals surface area contributed by atoms with E-state index in [1.54, 1.807) is 12.1 Å². The Morgan fingerprint density at radius 3 is 2.67 bits per heavy atom. The van der Waals surface area contributed by atoms with E-state index in [0.29, 0.717) is 30.5 Å². The van der Waals surface area contributed by atoms with Crippen molar-refractivity contribution >= 4 is 5.71 Å². The van der Waals surface area contributed by atoms with Crippen LogP contribution in [0, 0.1) is 17.1 Å². The number of piperidine rings is 1. The number of benzene rings is 1. The first-order chi connectivity index (χ1) is 8.72. The quantitative estimate of drug-likeness (QED) is 0.643. The van der Waals surface area contributed by atoms with Gasteiger partial charge in [-0.3, -0.25) is 4.90 Å². The molecule has 2 rings (SSSR count). The van der Waals surface area contributed by atoms with Gasteiger partial charge in [0.15, 0.2) is 0 Å². The molecule has 0 unspecified atom stereocenters. The maximum atomic E-state index is 13.7. The van der Waals surface area contributed by atoms with Gasteiger partial charge in [-0.1, -0.05) is 11.2 Å². The van der Waals surface area contributed by atoms with Crippen LogP contribution in [-0.4, -0.2) is 28.9 Å². The number of nitriles is 1. The maximum Gasteiger partial charge on any atom is 0.129 e. The highest BCUT2D eigenvalue weighted by Gasteiger charge is 2.16. The molecule has 0 atom stereocenters. The third-order valence-corrected chi connectivity index (χ3v) is 3.15. The summed E-state index contributed by atoms with van der Waals surface area (Å²) in [7, 11) is 0. The molecule has 5 heteroatoms. The lowest BCUT2D eigenvalue weighted by Crippen LogP contribution is -2.33. The smallest absolute Gasteiger partial charge is 0.129 e. The second-order valence-electron chi connectivity index (χ2n) is 4.36. The van der Waals surface area contributed by atoms with Gasteiger partial charge in [0, 0.05) is 38.0 Å². The molecule has 1 aliphatic heterocycles. The summed E-state index contributed by atoms with van der Waals surface area (Å²) in [5, 5.41) is 20.5. The Hall–Kier alpha value is -1.93. The van der Waals surface area contributed by atoms with E-state index < -0.39 is 0 Å². The second-order valence-corrected chi connectivity index (χ2v) is 4.36. The van der Waals surface area contributed by atoms with E-state index in [9.17, 15) is 4.39 Å². The first-order valence-electron chi connectivity index (χ1n) is 5.83. The largest absolute Gasteiger partial charge is 0.411 e. The highest BCUT2D eigenvalue weighted by Crippen LogP contribution is 2.15.